The van der Waals surface area contributed by atoms with E-state index in [9.17, 15) is 9.59 Å². The predicted octanol–water partition coefficient (Wildman–Crippen LogP) is 2.86. The summed E-state index contributed by atoms with van der Waals surface area (Å²) in [6.07, 6.45) is 1.52. The SMILES string of the molecule is COc1cccc(C(CNC(=O)C(=O)Nc2ccccc2SC)OC)c1. The average molecular weight is 374 g/mol. The first-order valence-corrected chi connectivity index (χ1v) is 9.20. The number of methoxy groups -OCH3 is 2. The zero-order chi connectivity index (χ0) is 18.9. The largest absolute Gasteiger partial charge is 0.497 e. The molecule has 1 unspecified atom stereocenters. The minimum atomic E-state index is -0.717. The first-order chi connectivity index (χ1) is 12.6. The van der Waals surface area contributed by atoms with Crippen molar-refractivity contribution in [3.05, 3.63) is 54.1 Å². The molecule has 0 aliphatic carbocycles. The van der Waals surface area contributed by atoms with E-state index in [-0.39, 0.29) is 12.6 Å². The minimum absolute atomic E-state index is 0.167. The van der Waals surface area contributed by atoms with Crippen molar-refractivity contribution >= 4 is 29.3 Å². The van der Waals surface area contributed by atoms with Gasteiger partial charge in [-0.3, -0.25) is 9.59 Å². The van der Waals surface area contributed by atoms with Crippen LogP contribution in [0.4, 0.5) is 5.69 Å². The molecule has 0 spiro atoms. The van der Waals surface area contributed by atoms with Crippen molar-refractivity contribution in [2.24, 2.45) is 0 Å². The lowest BCUT2D eigenvalue weighted by atomic mass is 10.1. The number of anilines is 1. The first-order valence-electron chi connectivity index (χ1n) is 7.98. The van der Waals surface area contributed by atoms with Crippen LogP contribution in [0.2, 0.25) is 0 Å². The average Bonchev–Trinajstić information content (AvgIpc) is 2.68. The van der Waals surface area contributed by atoms with Crippen LogP contribution < -0.4 is 15.4 Å². The molecule has 0 saturated carbocycles. The van der Waals surface area contributed by atoms with E-state index in [1.54, 1.807) is 26.4 Å². The third-order valence-electron chi connectivity index (χ3n) is 3.76. The van der Waals surface area contributed by atoms with Crippen molar-refractivity contribution in [3.63, 3.8) is 0 Å². The Morgan fingerprint density at radius 3 is 2.54 bits per heavy atom. The molecule has 0 aromatic heterocycles. The molecule has 0 aliphatic heterocycles. The van der Waals surface area contributed by atoms with Crippen LogP contribution in [0.5, 0.6) is 5.75 Å². The fraction of sp³-hybridized carbons (Fsp3) is 0.263. The minimum Gasteiger partial charge on any atom is -0.497 e. The van der Waals surface area contributed by atoms with Crippen LogP contribution in [-0.4, -0.2) is 38.8 Å². The summed E-state index contributed by atoms with van der Waals surface area (Å²) in [6.45, 7) is 0.167. The van der Waals surface area contributed by atoms with Crippen LogP contribution in [0.15, 0.2) is 53.4 Å². The first kappa shape index (κ1) is 19.8. The zero-order valence-electron chi connectivity index (χ0n) is 14.9. The number of hydrogen-bond acceptors (Lipinski definition) is 5. The van der Waals surface area contributed by atoms with Crippen LogP contribution in [0.3, 0.4) is 0 Å². The molecule has 0 fully saturated rings. The molecule has 2 aromatic rings. The smallest absolute Gasteiger partial charge is 0.313 e. The molecule has 0 saturated heterocycles. The molecule has 1 atom stereocenters. The second kappa shape index (κ2) is 9.84. The van der Waals surface area contributed by atoms with E-state index in [2.05, 4.69) is 10.6 Å². The number of carbonyl (C=O) groups is 2. The predicted molar refractivity (Wildman–Crippen MR) is 103 cm³/mol. The van der Waals surface area contributed by atoms with Crippen LogP contribution in [0.25, 0.3) is 0 Å². The van der Waals surface area contributed by atoms with Gasteiger partial charge in [-0.05, 0) is 36.1 Å². The summed E-state index contributed by atoms with van der Waals surface area (Å²) in [5.41, 5.74) is 1.46. The van der Waals surface area contributed by atoms with E-state index in [1.807, 2.05) is 42.7 Å². The van der Waals surface area contributed by atoms with Gasteiger partial charge in [-0.2, -0.15) is 0 Å². The van der Waals surface area contributed by atoms with Gasteiger partial charge in [0.25, 0.3) is 0 Å². The van der Waals surface area contributed by atoms with Gasteiger partial charge >= 0.3 is 11.8 Å². The summed E-state index contributed by atoms with van der Waals surface area (Å²) in [5, 5.41) is 5.23. The van der Waals surface area contributed by atoms with Crippen molar-refractivity contribution in [2.75, 3.05) is 32.3 Å². The number of nitrogens with one attached hydrogen (secondary N) is 2. The lowest BCUT2D eigenvalue weighted by molar-refractivity contribution is -0.136. The summed E-state index contributed by atoms with van der Waals surface area (Å²) >= 11 is 1.49. The van der Waals surface area contributed by atoms with E-state index >= 15 is 0 Å². The number of hydrogen-bond donors (Lipinski definition) is 2. The van der Waals surface area contributed by atoms with Crippen molar-refractivity contribution < 1.29 is 19.1 Å². The van der Waals surface area contributed by atoms with E-state index in [1.165, 1.54) is 11.8 Å². The topological polar surface area (TPSA) is 76.7 Å². The summed E-state index contributed by atoms with van der Waals surface area (Å²) < 4.78 is 10.6. The molecule has 2 amide bonds. The van der Waals surface area contributed by atoms with Gasteiger partial charge in [0.15, 0.2) is 0 Å². The molecule has 0 heterocycles. The Hall–Kier alpha value is -2.51. The van der Waals surface area contributed by atoms with Crippen molar-refractivity contribution in [1.29, 1.82) is 0 Å². The van der Waals surface area contributed by atoms with Crippen LogP contribution in [0.1, 0.15) is 11.7 Å². The Kier molecular flexibility index (Phi) is 7.50. The number of rotatable bonds is 7. The summed E-state index contributed by atoms with van der Waals surface area (Å²) in [5.74, 6) is -0.736. The molecule has 0 aliphatic rings. The van der Waals surface area contributed by atoms with Crippen LogP contribution >= 0.6 is 11.8 Å². The lowest BCUT2D eigenvalue weighted by Gasteiger charge is -2.17. The molecule has 138 valence electrons. The summed E-state index contributed by atoms with van der Waals surface area (Å²) in [4.78, 5) is 25.1. The van der Waals surface area contributed by atoms with Crippen LogP contribution in [-0.2, 0) is 14.3 Å². The van der Waals surface area contributed by atoms with Gasteiger partial charge < -0.3 is 20.1 Å². The van der Waals surface area contributed by atoms with Gasteiger partial charge in [-0.1, -0.05) is 24.3 Å². The Bertz CT molecular complexity index is 767. The van der Waals surface area contributed by atoms with Gasteiger partial charge in [-0.15, -0.1) is 11.8 Å². The number of amides is 2. The van der Waals surface area contributed by atoms with Crippen LogP contribution in [0, 0.1) is 0 Å². The van der Waals surface area contributed by atoms with E-state index in [0.717, 1.165) is 10.5 Å². The maximum absolute atomic E-state index is 12.1. The molecule has 0 radical (unpaired) electrons. The molecular weight excluding hydrogens is 352 g/mol. The number of ether oxygens (including phenoxy) is 2. The molecule has 26 heavy (non-hydrogen) atoms. The van der Waals surface area contributed by atoms with Crippen molar-refractivity contribution in [2.45, 2.75) is 11.0 Å². The normalized spacial score (nSPS) is 11.5. The van der Waals surface area contributed by atoms with E-state index < -0.39 is 11.8 Å². The standard InChI is InChI=1S/C19H22N2O4S/c1-24-14-8-6-7-13(11-14)16(25-2)12-20-18(22)19(23)21-15-9-4-5-10-17(15)26-3/h4-11,16H,12H2,1-3H3,(H,20,22)(H,21,23). The maximum Gasteiger partial charge on any atom is 0.313 e. The third kappa shape index (κ3) is 5.24. The highest BCUT2D eigenvalue weighted by Crippen LogP contribution is 2.24. The van der Waals surface area contributed by atoms with Gasteiger partial charge in [0.2, 0.25) is 0 Å². The molecule has 7 heteroatoms. The highest BCUT2D eigenvalue weighted by molar-refractivity contribution is 7.98. The Balaban J connectivity index is 1.96. The Morgan fingerprint density at radius 2 is 1.85 bits per heavy atom. The van der Waals surface area contributed by atoms with Crippen molar-refractivity contribution in [1.82, 2.24) is 5.32 Å². The Labute approximate surface area is 157 Å². The molecule has 6 nitrogen and oxygen atoms in total. The third-order valence-corrected chi connectivity index (χ3v) is 4.56. The number of thioether (sulfide) groups is 1. The second-order valence-corrected chi connectivity index (χ2v) is 6.21. The number of para-hydroxylation sites is 1. The fourth-order valence-electron chi connectivity index (χ4n) is 2.37. The number of carbonyl (C=O) groups excluding carboxylic acids is 2. The quantitative estimate of drug-likeness (QED) is 0.576. The second-order valence-electron chi connectivity index (χ2n) is 5.37. The molecule has 2 rings (SSSR count). The monoisotopic (exact) mass is 374 g/mol. The molecule has 2 aromatic carbocycles. The zero-order valence-corrected chi connectivity index (χ0v) is 15.8. The highest BCUT2D eigenvalue weighted by Gasteiger charge is 2.18. The maximum atomic E-state index is 12.1. The molecular formula is C19H22N2O4S. The molecule has 0 bridgehead atoms. The summed E-state index contributed by atoms with van der Waals surface area (Å²) in [6, 6.07) is 14.7. The van der Waals surface area contributed by atoms with E-state index in [4.69, 9.17) is 9.47 Å². The lowest BCUT2D eigenvalue weighted by Crippen LogP contribution is -2.38. The van der Waals surface area contributed by atoms with Gasteiger partial charge in [0.1, 0.15) is 5.75 Å². The van der Waals surface area contributed by atoms with E-state index in [0.29, 0.717) is 11.4 Å². The highest BCUT2D eigenvalue weighted by atomic mass is 32.2. The molecule has 2 N–H and O–H groups in total. The number of benzene rings is 2. The summed E-state index contributed by atoms with van der Waals surface area (Å²) in [7, 11) is 3.13. The van der Waals surface area contributed by atoms with Gasteiger partial charge in [0, 0.05) is 18.6 Å². The van der Waals surface area contributed by atoms with Crippen molar-refractivity contribution in [3.8, 4) is 5.75 Å². The van der Waals surface area contributed by atoms with Gasteiger partial charge in [0.05, 0.1) is 18.9 Å². The van der Waals surface area contributed by atoms with Gasteiger partial charge in [-0.25, -0.2) is 0 Å². The fourth-order valence-corrected chi connectivity index (χ4v) is 2.93. The Morgan fingerprint density at radius 1 is 1.08 bits per heavy atom.